The monoisotopic (exact) mass is 395 g/mol. The molecule has 29 heavy (non-hydrogen) atoms. The van der Waals surface area contributed by atoms with Gasteiger partial charge in [0.05, 0.1) is 24.0 Å². The molecule has 1 amide bonds. The maximum absolute atomic E-state index is 12.9. The molecule has 2 bridgehead atoms. The molecule has 5 heterocycles. The zero-order chi connectivity index (χ0) is 20.4. The van der Waals surface area contributed by atoms with Crippen LogP contribution in [0.5, 0.6) is 5.75 Å². The second kappa shape index (κ2) is 6.06. The molecule has 0 unspecified atom stereocenters. The summed E-state index contributed by atoms with van der Waals surface area (Å²) in [7, 11) is 1.80. The van der Waals surface area contributed by atoms with Crippen LogP contribution in [-0.2, 0) is 17.4 Å². The molecule has 1 N–H and O–H groups in total. The number of aryl methyl sites for hydroxylation is 1. The Balaban J connectivity index is 1.52. The maximum Gasteiger partial charge on any atom is 0.262 e. The molecule has 3 fully saturated rings. The van der Waals surface area contributed by atoms with Crippen LogP contribution in [0.15, 0.2) is 30.7 Å². The van der Waals surface area contributed by atoms with Crippen molar-refractivity contribution in [1.29, 1.82) is 0 Å². The van der Waals surface area contributed by atoms with Crippen LogP contribution in [0.2, 0.25) is 0 Å². The molecule has 0 aromatic carbocycles. The Bertz CT molecular complexity index is 1110. The summed E-state index contributed by atoms with van der Waals surface area (Å²) in [4.78, 5) is 17.7. The summed E-state index contributed by atoms with van der Waals surface area (Å²) in [6, 6.07) is 3.57. The van der Waals surface area contributed by atoms with Crippen molar-refractivity contribution in [2.24, 2.45) is 12.5 Å². The molecule has 1 saturated carbocycles. The number of nitrogens with one attached hydrogen (secondary N) is 1. The predicted octanol–water partition coefficient (Wildman–Crippen LogP) is 3.13. The predicted molar refractivity (Wildman–Crippen MR) is 107 cm³/mol. The molecule has 152 valence electrons. The number of amides is 1. The van der Waals surface area contributed by atoms with Crippen LogP contribution in [0.3, 0.4) is 0 Å². The van der Waals surface area contributed by atoms with Gasteiger partial charge in [0.15, 0.2) is 5.82 Å². The van der Waals surface area contributed by atoms with Crippen molar-refractivity contribution in [3.8, 4) is 5.75 Å². The lowest BCUT2D eigenvalue weighted by atomic mass is 9.63. The van der Waals surface area contributed by atoms with E-state index in [1.54, 1.807) is 30.2 Å². The van der Waals surface area contributed by atoms with Crippen molar-refractivity contribution in [3.05, 3.63) is 42.0 Å². The minimum absolute atomic E-state index is 0.0719. The Hall–Kier alpha value is -2.87. The number of ether oxygens (including phenoxy) is 2. The molecular formula is C21H25N5O3. The van der Waals surface area contributed by atoms with E-state index in [1.165, 1.54) is 0 Å². The third kappa shape index (κ3) is 2.98. The fourth-order valence-corrected chi connectivity index (χ4v) is 4.52. The van der Waals surface area contributed by atoms with Crippen LogP contribution >= 0.6 is 0 Å². The van der Waals surface area contributed by atoms with Gasteiger partial charge in [0.2, 0.25) is 0 Å². The molecule has 3 aromatic heterocycles. The molecule has 8 heteroatoms. The minimum atomic E-state index is -0.282. The summed E-state index contributed by atoms with van der Waals surface area (Å²) in [6.45, 7) is 6.90. The molecular weight excluding hydrogens is 370 g/mol. The van der Waals surface area contributed by atoms with Crippen molar-refractivity contribution in [3.63, 3.8) is 0 Å². The maximum atomic E-state index is 12.9. The summed E-state index contributed by atoms with van der Waals surface area (Å²) in [5.74, 6) is 0.718. The third-order valence-electron chi connectivity index (χ3n) is 5.71. The Labute approximate surface area is 168 Å². The number of carbonyl (C=O) groups is 1. The third-order valence-corrected chi connectivity index (χ3v) is 5.71. The summed E-state index contributed by atoms with van der Waals surface area (Å²) in [5, 5.41) is 7.04. The van der Waals surface area contributed by atoms with E-state index >= 15 is 0 Å². The van der Waals surface area contributed by atoms with Gasteiger partial charge < -0.3 is 19.2 Å². The van der Waals surface area contributed by atoms with E-state index in [4.69, 9.17) is 14.5 Å². The quantitative estimate of drug-likeness (QED) is 0.718. The van der Waals surface area contributed by atoms with E-state index in [1.807, 2.05) is 30.5 Å². The average molecular weight is 395 g/mol. The van der Waals surface area contributed by atoms with Gasteiger partial charge in [-0.05, 0) is 32.1 Å². The van der Waals surface area contributed by atoms with Gasteiger partial charge in [-0.2, -0.15) is 5.10 Å². The SMILES string of the molecule is CC(C)Oc1cc2nc(C34CC(C)(CO3)C4)cn2cc1C(=O)Nc1ccn(C)n1. The first kappa shape index (κ1) is 18.2. The lowest BCUT2D eigenvalue weighted by molar-refractivity contribution is -0.0200. The van der Waals surface area contributed by atoms with Crippen molar-refractivity contribution in [2.45, 2.75) is 45.3 Å². The number of anilines is 1. The fraction of sp³-hybridized carbons (Fsp3) is 0.476. The first-order chi connectivity index (χ1) is 13.8. The Morgan fingerprint density at radius 1 is 1.34 bits per heavy atom. The second-order valence-electron chi connectivity index (χ2n) is 8.89. The topological polar surface area (TPSA) is 82.7 Å². The van der Waals surface area contributed by atoms with E-state index in [0.29, 0.717) is 17.1 Å². The molecule has 2 aliphatic heterocycles. The lowest BCUT2D eigenvalue weighted by Crippen LogP contribution is -2.40. The number of imidazole rings is 1. The van der Waals surface area contributed by atoms with Gasteiger partial charge in [-0.15, -0.1) is 0 Å². The van der Waals surface area contributed by atoms with Crippen molar-refractivity contribution >= 4 is 17.4 Å². The summed E-state index contributed by atoms with van der Waals surface area (Å²) >= 11 is 0. The first-order valence-electron chi connectivity index (χ1n) is 9.90. The van der Waals surface area contributed by atoms with Gasteiger partial charge in [-0.3, -0.25) is 9.48 Å². The van der Waals surface area contributed by atoms with Crippen LogP contribution in [0, 0.1) is 5.41 Å². The number of pyridine rings is 1. The van der Waals surface area contributed by atoms with Crippen LogP contribution in [0.25, 0.3) is 5.65 Å². The zero-order valence-electron chi connectivity index (χ0n) is 17.1. The highest BCUT2D eigenvalue weighted by atomic mass is 16.5. The second-order valence-corrected chi connectivity index (χ2v) is 8.89. The van der Waals surface area contributed by atoms with Gasteiger partial charge in [-0.25, -0.2) is 4.98 Å². The largest absolute Gasteiger partial charge is 0.490 e. The van der Waals surface area contributed by atoms with Crippen LogP contribution < -0.4 is 10.1 Å². The van der Waals surface area contributed by atoms with E-state index < -0.39 is 0 Å². The molecule has 0 atom stereocenters. The summed E-state index contributed by atoms with van der Waals surface area (Å²) in [6.07, 6.45) is 7.43. The molecule has 0 radical (unpaired) electrons. The minimum Gasteiger partial charge on any atom is -0.490 e. The van der Waals surface area contributed by atoms with Gasteiger partial charge in [0, 0.05) is 37.8 Å². The zero-order valence-corrected chi connectivity index (χ0v) is 17.1. The highest BCUT2D eigenvalue weighted by Crippen LogP contribution is 2.62. The highest BCUT2D eigenvalue weighted by molar-refractivity contribution is 6.05. The molecule has 8 nitrogen and oxygen atoms in total. The molecule has 0 spiro atoms. The number of carbonyl (C=O) groups excluding carboxylic acids is 1. The van der Waals surface area contributed by atoms with Gasteiger partial charge in [-0.1, -0.05) is 6.92 Å². The smallest absolute Gasteiger partial charge is 0.262 e. The number of fused-ring (bicyclic) bond motifs is 2. The van der Waals surface area contributed by atoms with Gasteiger partial charge in [0.1, 0.15) is 17.0 Å². The molecule has 2 saturated heterocycles. The number of nitrogens with zero attached hydrogens (tertiary/aromatic N) is 4. The standard InChI is InChI=1S/C21H25N5O3/c1-13(2)29-15-7-18-22-16(21-10-20(3,11-21)12-28-21)9-26(18)8-14(15)19(27)23-17-5-6-25(4)24-17/h5-9,13H,10-12H2,1-4H3,(H,23,24,27). The summed E-state index contributed by atoms with van der Waals surface area (Å²) < 4.78 is 15.5. The Kier molecular flexibility index (Phi) is 3.80. The lowest BCUT2D eigenvalue weighted by Gasteiger charge is -2.41. The normalized spacial score (nSPS) is 25.4. The van der Waals surface area contributed by atoms with E-state index in [0.717, 1.165) is 30.8 Å². The molecule has 1 aliphatic carbocycles. The van der Waals surface area contributed by atoms with Crippen molar-refractivity contribution in [1.82, 2.24) is 19.2 Å². The van der Waals surface area contributed by atoms with Crippen molar-refractivity contribution in [2.75, 3.05) is 11.9 Å². The van der Waals surface area contributed by atoms with E-state index in [2.05, 4.69) is 17.3 Å². The van der Waals surface area contributed by atoms with Gasteiger partial charge in [0.25, 0.3) is 5.91 Å². The van der Waals surface area contributed by atoms with E-state index in [-0.39, 0.29) is 23.0 Å². The van der Waals surface area contributed by atoms with Crippen LogP contribution in [0.4, 0.5) is 5.82 Å². The molecule has 6 rings (SSSR count). The Morgan fingerprint density at radius 2 is 2.14 bits per heavy atom. The highest BCUT2D eigenvalue weighted by Gasteiger charge is 2.61. The Morgan fingerprint density at radius 3 is 2.76 bits per heavy atom. The van der Waals surface area contributed by atoms with Gasteiger partial charge >= 0.3 is 0 Å². The van der Waals surface area contributed by atoms with Crippen LogP contribution in [-0.4, -0.2) is 37.8 Å². The van der Waals surface area contributed by atoms with Crippen LogP contribution in [0.1, 0.15) is 49.7 Å². The van der Waals surface area contributed by atoms with E-state index in [9.17, 15) is 4.79 Å². The summed E-state index contributed by atoms with van der Waals surface area (Å²) in [5.41, 5.74) is 2.09. The average Bonchev–Trinajstić information content (AvgIpc) is 3.36. The van der Waals surface area contributed by atoms with Crippen molar-refractivity contribution < 1.29 is 14.3 Å². The number of hydrogen-bond acceptors (Lipinski definition) is 5. The fourth-order valence-electron chi connectivity index (χ4n) is 4.52. The number of hydrogen-bond donors (Lipinski definition) is 1. The number of rotatable bonds is 5. The number of aromatic nitrogens is 4. The molecule has 3 aliphatic rings. The first-order valence-corrected chi connectivity index (χ1v) is 9.90. The molecule has 3 aromatic rings.